The molecule has 0 saturated carbocycles. The lowest BCUT2D eigenvalue weighted by molar-refractivity contribution is 0.0652. The summed E-state index contributed by atoms with van der Waals surface area (Å²) in [5, 5.41) is 13.0. The van der Waals surface area contributed by atoms with Gasteiger partial charge in [0.1, 0.15) is 5.69 Å². The molecule has 4 nitrogen and oxygen atoms in total. The Kier molecular flexibility index (Phi) is 2.90. The van der Waals surface area contributed by atoms with Gasteiger partial charge in [-0.25, -0.2) is 4.79 Å². The monoisotopic (exact) mass is 251 g/mol. The van der Waals surface area contributed by atoms with Gasteiger partial charge in [0.15, 0.2) is 0 Å². The van der Waals surface area contributed by atoms with Gasteiger partial charge in [-0.1, -0.05) is 28.4 Å². The van der Waals surface area contributed by atoms with Crippen molar-refractivity contribution in [2.45, 2.75) is 13.8 Å². The molecule has 0 atom stereocenters. The molecule has 0 fully saturated rings. The molecule has 0 saturated heterocycles. The fourth-order valence-corrected chi connectivity index (χ4v) is 1.85. The van der Waals surface area contributed by atoms with E-state index in [0.29, 0.717) is 16.3 Å². The molecule has 2 aromatic rings. The van der Waals surface area contributed by atoms with E-state index in [2.05, 4.69) is 5.16 Å². The number of aryl methyl sites for hydroxylation is 2. The number of nitrogens with zero attached hydrogens (tertiary/aromatic N) is 1. The maximum atomic E-state index is 10.7. The van der Waals surface area contributed by atoms with E-state index in [1.807, 2.05) is 26.0 Å². The quantitative estimate of drug-likeness (QED) is 0.889. The van der Waals surface area contributed by atoms with Crippen LogP contribution >= 0.6 is 11.6 Å². The predicted molar refractivity (Wildman–Crippen MR) is 63.4 cm³/mol. The highest BCUT2D eigenvalue weighted by Crippen LogP contribution is 2.31. The van der Waals surface area contributed by atoms with Gasteiger partial charge < -0.3 is 9.63 Å². The smallest absolute Gasteiger partial charge is 0.374 e. The van der Waals surface area contributed by atoms with E-state index in [-0.39, 0.29) is 5.76 Å². The molecule has 88 valence electrons. The Balaban J connectivity index is 2.56. The summed E-state index contributed by atoms with van der Waals surface area (Å²) in [6, 6.07) is 5.16. The highest BCUT2D eigenvalue weighted by Gasteiger charge is 2.15. The normalized spacial score (nSPS) is 10.5. The van der Waals surface area contributed by atoms with Crippen molar-refractivity contribution < 1.29 is 14.4 Å². The summed E-state index contributed by atoms with van der Waals surface area (Å²) in [6.45, 7) is 3.82. The van der Waals surface area contributed by atoms with Crippen LogP contribution in [0.3, 0.4) is 0 Å². The summed E-state index contributed by atoms with van der Waals surface area (Å²) < 4.78 is 4.71. The number of benzene rings is 1. The largest absolute Gasteiger partial charge is 0.475 e. The third-order valence-electron chi connectivity index (χ3n) is 2.40. The summed E-state index contributed by atoms with van der Waals surface area (Å²) in [7, 11) is 0. The second-order valence-corrected chi connectivity index (χ2v) is 4.20. The highest BCUT2D eigenvalue weighted by molar-refractivity contribution is 6.34. The molecule has 1 heterocycles. The fourth-order valence-electron chi connectivity index (χ4n) is 1.64. The maximum absolute atomic E-state index is 10.7. The van der Waals surface area contributed by atoms with Crippen LogP contribution in [0.25, 0.3) is 11.3 Å². The van der Waals surface area contributed by atoms with Gasteiger partial charge in [0.25, 0.3) is 0 Å². The zero-order chi connectivity index (χ0) is 12.6. The first-order valence-corrected chi connectivity index (χ1v) is 5.34. The molecule has 0 aliphatic heterocycles. The molecular weight excluding hydrogens is 242 g/mol. The molecule has 0 bridgehead atoms. The molecule has 0 amide bonds. The van der Waals surface area contributed by atoms with E-state index < -0.39 is 5.97 Å². The molecule has 0 spiro atoms. The number of hydrogen-bond donors (Lipinski definition) is 1. The molecule has 17 heavy (non-hydrogen) atoms. The number of halogens is 1. The predicted octanol–water partition coefficient (Wildman–Crippen LogP) is 3.31. The third kappa shape index (κ3) is 2.17. The Bertz CT molecular complexity index is 589. The minimum absolute atomic E-state index is 0.199. The molecule has 1 aromatic carbocycles. The minimum Gasteiger partial charge on any atom is -0.475 e. The van der Waals surface area contributed by atoms with Crippen molar-refractivity contribution in [2.24, 2.45) is 0 Å². The Morgan fingerprint density at radius 2 is 2.06 bits per heavy atom. The van der Waals surface area contributed by atoms with Crippen molar-refractivity contribution in [1.29, 1.82) is 0 Å². The third-order valence-corrected chi connectivity index (χ3v) is 2.90. The number of aromatic carboxylic acids is 1. The van der Waals surface area contributed by atoms with Crippen molar-refractivity contribution in [1.82, 2.24) is 5.16 Å². The van der Waals surface area contributed by atoms with Crippen molar-refractivity contribution in [3.05, 3.63) is 40.1 Å². The number of aromatic nitrogens is 1. The average Bonchev–Trinajstić information content (AvgIpc) is 2.72. The van der Waals surface area contributed by atoms with Gasteiger partial charge in [-0.05, 0) is 25.5 Å². The van der Waals surface area contributed by atoms with Crippen LogP contribution in [0.1, 0.15) is 21.7 Å². The van der Waals surface area contributed by atoms with Gasteiger partial charge in [-0.15, -0.1) is 0 Å². The fraction of sp³-hybridized carbons (Fsp3) is 0.167. The van der Waals surface area contributed by atoms with E-state index in [1.54, 1.807) is 0 Å². The first kappa shape index (κ1) is 11.7. The van der Waals surface area contributed by atoms with Gasteiger partial charge in [-0.2, -0.15) is 0 Å². The highest BCUT2D eigenvalue weighted by atomic mass is 35.5. The molecule has 2 rings (SSSR count). The van der Waals surface area contributed by atoms with Crippen LogP contribution < -0.4 is 0 Å². The molecule has 0 aliphatic rings. The van der Waals surface area contributed by atoms with Crippen molar-refractivity contribution in [3.63, 3.8) is 0 Å². The van der Waals surface area contributed by atoms with Crippen molar-refractivity contribution in [3.8, 4) is 11.3 Å². The second kappa shape index (κ2) is 4.22. The van der Waals surface area contributed by atoms with Gasteiger partial charge >= 0.3 is 5.97 Å². The van der Waals surface area contributed by atoms with Crippen LogP contribution in [-0.4, -0.2) is 16.2 Å². The average molecular weight is 252 g/mol. The van der Waals surface area contributed by atoms with Crippen LogP contribution in [0.15, 0.2) is 22.7 Å². The molecule has 5 heteroatoms. The topological polar surface area (TPSA) is 63.3 Å². The van der Waals surface area contributed by atoms with E-state index in [9.17, 15) is 4.79 Å². The number of rotatable bonds is 2. The lowest BCUT2D eigenvalue weighted by atomic mass is 10.0. The van der Waals surface area contributed by atoms with E-state index in [1.165, 1.54) is 6.07 Å². The van der Waals surface area contributed by atoms with Crippen LogP contribution in [0.2, 0.25) is 5.02 Å². The van der Waals surface area contributed by atoms with E-state index in [0.717, 1.165) is 11.1 Å². The van der Waals surface area contributed by atoms with Gasteiger partial charge in [0.2, 0.25) is 5.76 Å². The Morgan fingerprint density at radius 3 is 2.65 bits per heavy atom. The van der Waals surface area contributed by atoms with E-state index >= 15 is 0 Å². The number of carbonyl (C=O) groups is 1. The Morgan fingerprint density at radius 1 is 1.35 bits per heavy atom. The second-order valence-electron chi connectivity index (χ2n) is 3.82. The zero-order valence-electron chi connectivity index (χ0n) is 9.32. The molecule has 0 radical (unpaired) electrons. The van der Waals surface area contributed by atoms with Gasteiger partial charge in [-0.3, -0.25) is 0 Å². The first-order valence-electron chi connectivity index (χ1n) is 4.96. The molecular formula is C12H10ClNO3. The van der Waals surface area contributed by atoms with Crippen LogP contribution in [-0.2, 0) is 0 Å². The maximum Gasteiger partial charge on any atom is 0.374 e. The Labute approximate surface area is 103 Å². The summed E-state index contributed by atoms with van der Waals surface area (Å²) >= 11 is 6.16. The van der Waals surface area contributed by atoms with Gasteiger partial charge in [0.05, 0.1) is 5.02 Å². The summed E-state index contributed by atoms with van der Waals surface area (Å²) in [5.74, 6) is -1.35. The van der Waals surface area contributed by atoms with Crippen molar-refractivity contribution in [2.75, 3.05) is 0 Å². The molecule has 1 N–H and O–H groups in total. The Hall–Kier alpha value is -1.81. The zero-order valence-corrected chi connectivity index (χ0v) is 10.1. The number of carboxylic acids is 1. The molecule has 0 unspecified atom stereocenters. The van der Waals surface area contributed by atoms with Crippen LogP contribution in [0, 0.1) is 13.8 Å². The van der Waals surface area contributed by atoms with E-state index in [4.69, 9.17) is 21.2 Å². The standard InChI is InChI=1S/C12H10ClNO3/c1-6-3-7(2)11(13)8(4-6)9-5-10(12(15)16)17-14-9/h3-5H,1-2H3,(H,15,16). The van der Waals surface area contributed by atoms with Crippen molar-refractivity contribution >= 4 is 17.6 Å². The van der Waals surface area contributed by atoms with Crippen LogP contribution in [0.5, 0.6) is 0 Å². The summed E-state index contributed by atoms with van der Waals surface area (Å²) in [4.78, 5) is 10.7. The summed E-state index contributed by atoms with van der Waals surface area (Å²) in [6.07, 6.45) is 0. The lowest BCUT2D eigenvalue weighted by Crippen LogP contribution is -1.91. The first-order chi connectivity index (χ1) is 7.99. The number of carboxylic acid groups (broad SMARTS) is 1. The molecule has 1 aromatic heterocycles. The number of hydrogen-bond acceptors (Lipinski definition) is 3. The lowest BCUT2D eigenvalue weighted by Gasteiger charge is -2.05. The minimum atomic E-state index is -1.15. The SMILES string of the molecule is Cc1cc(C)c(Cl)c(-c2cc(C(=O)O)on2)c1. The molecule has 0 aliphatic carbocycles. The van der Waals surface area contributed by atoms with Gasteiger partial charge in [0, 0.05) is 11.6 Å². The summed E-state index contributed by atoms with van der Waals surface area (Å²) in [5.41, 5.74) is 3.06. The van der Waals surface area contributed by atoms with Crippen LogP contribution in [0.4, 0.5) is 0 Å².